The predicted octanol–water partition coefficient (Wildman–Crippen LogP) is 3.23. The predicted molar refractivity (Wildman–Crippen MR) is 85.9 cm³/mol. The molecule has 3 unspecified atom stereocenters. The number of halogens is 1. The van der Waals surface area contributed by atoms with Crippen LogP contribution in [0.2, 0.25) is 5.02 Å². The van der Waals surface area contributed by atoms with Gasteiger partial charge < -0.3 is 10.0 Å². The highest BCUT2D eigenvalue weighted by Crippen LogP contribution is 2.26. The highest BCUT2D eigenvalue weighted by molar-refractivity contribution is 6.31. The van der Waals surface area contributed by atoms with Gasteiger partial charge in [0.2, 0.25) is 5.91 Å². The fourth-order valence-corrected chi connectivity index (χ4v) is 3.19. The smallest absolute Gasteiger partial charge is 0.308 e. The zero-order valence-electron chi connectivity index (χ0n) is 13.0. The highest BCUT2D eigenvalue weighted by Gasteiger charge is 2.34. The standard InChI is InChI=1S/C17H22ClNO3/c1-11(9-13-5-3-4-6-15(13)18)16(20)19-10-14(17(21)22)8-7-12(19)2/h3-6,11-12,14H,7-10H2,1-2H3,(H,21,22). The maximum absolute atomic E-state index is 12.7. The zero-order valence-corrected chi connectivity index (χ0v) is 13.7. The molecular formula is C17H22ClNO3. The number of piperidine rings is 1. The molecule has 1 amide bonds. The third-order valence-corrected chi connectivity index (χ3v) is 4.79. The third-order valence-electron chi connectivity index (χ3n) is 4.42. The molecule has 0 aliphatic carbocycles. The Kier molecular flexibility index (Phi) is 5.46. The molecular weight excluding hydrogens is 302 g/mol. The Bertz CT molecular complexity index is 561. The van der Waals surface area contributed by atoms with E-state index < -0.39 is 11.9 Å². The van der Waals surface area contributed by atoms with Crippen molar-refractivity contribution < 1.29 is 14.7 Å². The van der Waals surface area contributed by atoms with Gasteiger partial charge in [-0.15, -0.1) is 0 Å². The van der Waals surface area contributed by atoms with Crippen LogP contribution in [0.4, 0.5) is 0 Å². The number of carbonyl (C=O) groups is 2. The molecule has 1 aliphatic heterocycles. The summed E-state index contributed by atoms with van der Waals surface area (Å²) in [5.74, 6) is -1.47. The molecule has 0 bridgehead atoms. The second-order valence-corrected chi connectivity index (χ2v) is 6.56. The summed E-state index contributed by atoms with van der Waals surface area (Å²) >= 11 is 6.15. The van der Waals surface area contributed by atoms with E-state index in [0.29, 0.717) is 24.4 Å². The first-order valence-corrected chi connectivity index (χ1v) is 8.04. The maximum atomic E-state index is 12.7. The fraction of sp³-hybridized carbons (Fsp3) is 0.529. The summed E-state index contributed by atoms with van der Waals surface area (Å²) < 4.78 is 0. The number of hydrogen-bond acceptors (Lipinski definition) is 2. The Morgan fingerprint density at radius 3 is 2.68 bits per heavy atom. The molecule has 1 N–H and O–H groups in total. The number of amides is 1. The molecule has 120 valence electrons. The second kappa shape index (κ2) is 7.14. The summed E-state index contributed by atoms with van der Waals surface area (Å²) in [4.78, 5) is 25.6. The van der Waals surface area contributed by atoms with Crippen LogP contribution in [0.15, 0.2) is 24.3 Å². The van der Waals surface area contributed by atoms with Gasteiger partial charge in [-0.2, -0.15) is 0 Å². The van der Waals surface area contributed by atoms with Gasteiger partial charge in [0.15, 0.2) is 0 Å². The monoisotopic (exact) mass is 323 g/mol. The number of likely N-dealkylation sites (tertiary alicyclic amines) is 1. The average Bonchev–Trinajstić information content (AvgIpc) is 2.49. The first-order valence-electron chi connectivity index (χ1n) is 7.66. The Morgan fingerprint density at radius 2 is 2.05 bits per heavy atom. The van der Waals surface area contributed by atoms with E-state index in [4.69, 9.17) is 11.6 Å². The number of carboxylic acid groups (broad SMARTS) is 1. The molecule has 0 aromatic heterocycles. The molecule has 5 heteroatoms. The Hall–Kier alpha value is -1.55. The molecule has 1 heterocycles. The lowest BCUT2D eigenvalue weighted by Gasteiger charge is -2.38. The lowest BCUT2D eigenvalue weighted by atomic mass is 9.91. The van der Waals surface area contributed by atoms with Crippen molar-refractivity contribution >= 4 is 23.5 Å². The SMILES string of the molecule is CC(Cc1ccccc1Cl)C(=O)N1CC(C(=O)O)CCC1C. The summed E-state index contributed by atoms with van der Waals surface area (Å²) in [7, 11) is 0. The van der Waals surface area contributed by atoms with Gasteiger partial charge in [0.1, 0.15) is 0 Å². The van der Waals surface area contributed by atoms with Gasteiger partial charge in [-0.05, 0) is 37.8 Å². The third kappa shape index (κ3) is 3.80. The molecule has 1 aromatic rings. The van der Waals surface area contributed by atoms with E-state index in [1.54, 1.807) is 4.90 Å². The number of nitrogens with zero attached hydrogens (tertiary/aromatic N) is 1. The van der Waals surface area contributed by atoms with Crippen molar-refractivity contribution in [2.45, 2.75) is 39.2 Å². The van der Waals surface area contributed by atoms with E-state index >= 15 is 0 Å². The second-order valence-electron chi connectivity index (χ2n) is 6.15. The minimum atomic E-state index is -0.816. The number of rotatable bonds is 4. The van der Waals surface area contributed by atoms with E-state index in [9.17, 15) is 14.7 Å². The maximum Gasteiger partial charge on any atom is 0.308 e. The molecule has 0 spiro atoms. The van der Waals surface area contributed by atoms with Crippen molar-refractivity contribution in [2.75, 3.05) is 6.54 Å². The number of benzene rings is 1. The first-order chi connectivity index (χ1) is 10.4. The summed E-state index contributed by atoms with van der Waals surface area (Å²) in [6.07, 6.45) is 1.94. The average molecular weight is 324 g/mol. The van der Waals surface area contributed by atoms with Crippen LogP contribution in [0.3, 0.4) is 0 Å². The molecule has 0 saturated carbocycles. The van der Waals surface area contributed by atoms with Crippen LogP contribution in [0.5, 0.6) is 0 Å². The minimum absolute atomic E-state index is 0.0124. The van der Waals surface area contributed by atoms with Crippen LogP contribution >= 0.6 is 11.6 Å². The van der Waals surface area contributed by atoms with Crippen molar-refractivity contribution in [1.82, 2.24) is 4.90 Å². The van der Waals surface area contributed by atoms with Crippen molar-refractivity contribution in [2.24, 2.45) is 11.8 Å². The quantitative estimate of drug-likeness (QED) is 0.925. The van der Waals surface area contributed by atoms with Crippen molar-refractivity contribution in [3.05, 3.63) is 34.9 Å². The van der Waals surface area contributed by atoms with E-state index in [2.05, 4.69) is 0 Å². The Morgan fingerprint density at radius 1 is 1.36 bits per heavy atom. The largest absolute Gasteiger partial charge is 0.481 e. The van der Waals surface area contributed by atoms with Crippen molar-refractivity contribution in [3.8, 4) is 0 Å². The summed E-state index contributed by atoms with van der Waals surface area (Å²) in [6, 6.07) is 7.60. The molecule has 22 heavy (non-hydrogen) atoms. The van der Waals surface area contributed by atoms with Crippen LogP contribution in [0.1, 0.15) is 32.3 Å². The number of carboxylic acids is 1. The number of carbonyl (C=O) groups excluding carboxylic acids is 1. The zero-order chi connectivity index (χ0) is 16.3. The molecule has 1 aromatic carbocycles. The van der Waals surface area contributed by atoms with Gasteiger partial charge in [-0.3, -0.25) is 9.59 Å². The molecule has 1 fully saturated rings. The van der Waals surface area contributed by atoms with Crippen LogP contribution in [0.25, 0.3) is 0 Å². The topological polar surface area (TPSA) is 57.6 Å². The van der Waals surface area contributed by atoms with E-state index in [1.807, 2.05) is 38.1 Å². The van der Waals surface area contributed by atoms with E-state index in [-0.39, 0.29) is 17.9 Å². The van der Waals surface area contributed by atoms with Crippen LogP contribution in [0, 0.1) is 11.8 Å². The van der Waals surface area contributed by atoms with Crippen molar-refractivity contribution in [3.63, 3.8) is 0 Å². The highest BCUT2D eigenvalue weighted by atomic mass is 35.5. The summed E-state index contributed by atoms with van der Waals surface area (Å²) in [6.45, 7) is 4.17. The number of aliphatic carboxylic acids is 1. The normalized spacial score (nSPS) is 23.1. The molecule has 1 saturated heterocycles. The minimum Gasteiger partial charge on any atom is -0.481 e. The molecule has 1 aliphatic rings. The summed E-state index contributed by atoms with van der Waals surface area (Å²) in [5, 5.41) is 9.84. The van der Waals surface area contributed by atoms with Crippen LogP contribution in [-0.2, 0) is 16.0 Å². The fourth-order valence-electron chi connectivity index (χ4n) is 2.98. The Labute approximate surface area is 136 Å². The van der Waals surface area contributed by atoms with E-state index in [0.717, 1.165) is 12.0 Å². The lowest BCUT2D eigenvalue weighted by Crippen LogP contribution is -2.49. The van der Waals surface area contributed by atoms with Crippen LogP contribution in [-0.4, -0.2) is 34.5 Å². The van der Waals surface area contributed by atoms with Gasteiger partial charge in [-0.1, -0.05) is 36.7 Å². The first kappa shape index (κ1) is 16.8. The molecule has 3 atom stereocenters. The molecule has 4 nitrogen and oxygen atoms in total. The number of hydrogen-bond donors (Lipinski definition) is 1. The van der Waals surface area contributed by atoms with Crippen molar-refractivity contribution in [1.29, 1.82) is 0 Å². The van der Waals surface area contributed by atoms with Gasteiger partial charge in [-0.25, -0.2) is 0 Å². The lowest BCUT2D eigenvalue weighted by molar-refractivity contribution is -0.148. The summed E-state index contributed by atoms with van der Waals surface area (Å²) in [5.41, 5.74) is 0.949. The Balaban J connectivity index is 2.05. The van der Waals surface area contributed by atoms with E-state index in [1.165, 1.54) is 0 Å². The molecule has 0 radical (unpaired) electrons. The van der Waals surface area contributed by atoms with Gasteiger partial charge in [0.05, 0.1) is 5.92 Å². The van der Waals surface area contributed by atoms with Gasteiger partial charge in [0.25, 0.3) is 0 Å². The van der Waals surface area contributed by atoms with Gasteiger partial charge >= 0.3 is 5.97 Å². The van der Waals surface area contributed by atoms with Gasteiger partial charge in [0, 0.05) is 23.5 Å². The van der Waals surface area contributed by atoms with Crippen LogP contribution < -0.4 is 0 Å². The molecule has 2 rings (SSSR count).